The third kappa shape index (κ3) is 1.75. The van der Waals surface area contributed by atoms with Gasteiger partial charge in [-0.1, -0.05) is 26.3 Å². The van der Waals surface area contributed by atoms with Crippen LogP contribution in [0.5, 0.6) is 0 Å². The predicted molar refractivity (Wildman–Crippen MR) is 88.3 cm³/mol. The molecule has 6 unspecified atom stereocenters. The number of allylic oxidation sites excluding steroid dienone is 2. The fourth-order valence-corrected chi connectivity index (χ4v) is 5.60. The SMILES string of the molecule is CC(C)C1=CC(=O)C2(C)C(=O)CC3(C)CC(=O)C4(C)OC4CC3C12. The second kappa shape index (κ2) is 4.46. The van der Waals surface area contributed by atoms with Crippen LogP contribution < -0.4 is 0 Å². The lowest BCUT2D eigenvalue weighted by Crippen LogP contribution is -2.54. The third-order valence-corrected chi connectivity index (χ3v) is 7.43. The van der Waals surface area contributed by atoms with Crippen molar-refractivity contribution in [3.63, 3.8) is 0 Å². The molecule has 0 radical (unpaired) electrons. The maximum absolute atomic E-state index is 13.0. The number of carbonyl (C=O) groups excluding carboxylic acids is 3. The zero-order chi connectivity index (χ0) is 17.7. The molecule has 24 heavy (non-hydrogen) atoms. The molecule has 1 saturated heterocycles. The Bertz CT molecular complexity index is 704. The van der Waals surface area contributed by atoms with Gasteiger partial charge in [0, 0.05) is 18.8 Å². The van der Waals surface area contributed by atoms with Crippen LogP contribution in [0.1, 0.15) is 53.9 Å². The van der Waals surface area contributed by atoms with Crippen molar-refractivity contribution in [2.75, 3.05) is 0 Å². The first-order valence-corrected chi connectivity index (χ1v) is 9.04. The number of fused-ring (bicyclic) bond motifs is 4. The molecule has 4 heteroatoms. The summed E-state index contributed by atoms with van der Waals surface area (Å²) in [5.41, 5.74) is -0.882. The van der Waals surface area contributed by atoms with Crippen LogP contribution in [0.4, 0.5) is 0 Å². The minimum Gasteiger partial charge on any atom is -0.358 e. The zero-order valence-electron chi connectivity index (χ0n) is 15.1. The summed E-state index contributed by atoms with van der Waals surface area (Å²) >= 11 is 0. The van der Waals surface area contributed by atoms with Gasteiger partial charge in [0.25, 0.3) is 0 Å². The van der Waals surface area contributed by atoms with Crippen molar-refractivity contribution >= 4 is 17.3 Å². The molecule has 0 N–H and O–H groups in total. The van der Waals surface area contributed by atoms with Gasteiger partial charge in [-0.15, -0.1) is 0 Å². The summed E-state index contributed by atoms with van der Waals surface area (Å²) in [6.45, 7) is 9.94. The normalized spacial score (nSPS) is 50.2. The molecule has 0 aromatic rings. The smallest absolute Gasteiger partial charge is 0.169 e. The van der Waals surface area contributed by atoms with E-state index in [2.05, 4.69) is 20.8 Å². The van der Waals surface area contributed by atoms with Gasteiger partial charge in [-0.25, -0.2) is 0 Å². The highest BCUT2D eigenvalue weighted by Crippen LogP contribution is 2.64. The van der Waals surface area contributed by atoms with Gasteiger partial charge >= 0.3 is 0 Å². The lowest BCUT2D eigenvalue weighted by atomic mass is 9.50. The van der Waals surface area contributed by atoms with E-state index in [-0.39, 0.29) is 46.6 Å². The zero-order valence-corrected chi connectivity index (χ0v) is 15.1. The van der Waals surface area contributed by atoms with Gasteiger partial charge in [0.1, 0.15) is 11.4 Å². The molecule has 0 aromatic heterocycles. The summed E-state index contributed by atoms with van der Waals surface area (Å²) in [7, 11) is 0. The summed E-state index contributed by atoms with van der Waals surface area (Å²) in [6.07, 6.45) is 3.13. The third-order valence-electron chi connectivity index (χ3n) is 7.43. The van der Waals surface area contributed by atoms with Crippen LogP contribution in [0.3, 0.4) is 0 Å². The van der Waals surface area contributed by atoms with Gasteiger partial charge in [0.2, 0.25) is 0 Å². The lowest BCUT2D eigenvalue weighted by molar-refractivity contribution is -0.151. The van der Waals surface area contributed by atoms with Gasteiger partial charge in [-0.05, 0) is 43.6 Å². The summed E-state index contributed by atoms with van der Waals surface area (Å²) in [6, 6.07) is 0. The van der Waals surface area contributed by atoms with Crippen LogP contribution in [0.25, 0.3) is 0 Å². The van der Waals surface area contributed by atoms with Crippen molar-refractivity contribution in [1.82, 2.24) is 0 Å². The molecule has 4 aliphatic rings. The molecular formula is C20H26O4. The molecule has 6 atom stereocenters. The van der Waals surface area contributed by atoms with Gasteiger partial charge in [0.05, 0.1) is 11.5 Å². The second-order valence-corrected chi connectivity index (χ2v) is 9.25. The van der Waals surface area contributed by atoms with Gasteiger partial charge in [0.15, 0.2) is 11.6 Å². The number of hydrogen-bond acceptors (Lipinski definition) is 4. The van der Waals surface area contributed by atoms with E-state index in [1.54, 1.807) is 6.08 Å². The van der Waals surface area contributed by atoms with Crippen molar-refractivity contribution in [2.24, 2.45) is 28.6 Å². The predicted octanol–water partition coefficient (Wildman–Crippen LogP) is 2.89. The molecule has 4 rings (SSSR count). The van der Waals surface area contributed by atoms with E-state index < -0.39 is 11.0 Å². The Morgan fingerprint density at radius 3 is 2.33 bits per heavy atom. The van der Waals surface area contributed by atoms with Crippen LogP contribution in [0, 0.1) is 28.6 Å². The number of carbonyl (C=O) groups is 3. The van der Waals surface area contributed by atoms with Gasteiger partial charge in [-0.2, -0.15) is 0 Å². The number of ether oxygens (including phenoxy) is 1. The van der Waals surface area contributed by atoms with E-state index in [1.165, 1.54) is 0 Å². The highest BCUT2D eigenvalue weighted by Gasteiger charge is 2.69. The number of rotatable bonds is 1. The Kier molecular flexibility index (Phi) is 3.01. The van der Waals surface area contributed by atoms with E-state index in [0.717, 1.165) is 12.0 Å². The quantitative estimate of drug-likeness (QED) is 0.548. The number of ketones is 3. The molecule has 2 saturated carbocycles. The van der Waals surface area contributed by atoms with E-state index >= 15 is 0 Å². The van der Waals surface area contributed by atoms with Crippen LogP contribution >= 0.6 is 0 Å². The highest BCUT2D eigenvalue weighted by atomic mass is 16.6. The standard InChI is InChI=1S/C20H26O4/c1-10(2)11-6-13(21)19(4)14(22)8-18(3)9-15(23)20(5)16(24-20)7-12(18)17(11)19/h6,10,12,16-17H,7-9H2,1-5H3. The number of Topliss-reactive ketones (excluding diaryl/α,β-unsaturated/α-hetero) is 2. The molecule has 1 aliphatic heterocycles. The van der Waals surface area contributed by atoms with Crippen molar-refractivity contribution in [2.45, 2.75) is 65.6 Å². The minimum atomic E-state index is -0.942. The van der Waals surface area contributed by atoms with Crippen molar-refractivity contribution in [1.29, 1.82) is 0 Å². The Labute approximate surface area is 143 Å². The summed E-state index contributed by atoms with van der Waals surface area (Å²) in [4.78, 5) is 38.5. The first-order valence-electron chi connectivity index (χ1n) is 9.04. The average molecular weight is 330 g/mol. The molecular weight excluding hydrogens is 304 g/mol. The molecule has 0 amide bonds. The van der Waals surface area contributed by atoms with Crippen molar-refractivity contribution < 1.29 is 19.1 Å². The fraction of sp³-hybridized carbons (Fsp3) is 0.750. The van der Waals surface area contributed by atoms with Crippen LogP contribution in [-0.4, -0.2) is 29.1 Å². The van der Waals surface area contributed by atoms with Crippen molar-refractivity contribution in [3.05, 3.63) is 11.6 Å². The highest BCUT2D eigenvalue weighted by molar-refractivity contribution is 6.15. The van der Waals surface area contributed by atoms with E-state index in [9.17, 15) is 14.4 Å². The van der Waals surface area contributed by atoms with Gasteiger partial charge in [-0.3, -0.25) is 14.4 Å². The number of hydrogen-bond donors (Lipinski definition) is 0. The van der Waals surface area contributed by atoms with E-state index in [0.29, 0.717) is 12.8 Å². The molecule has 1 heterocycles. The van der Waals surface area contributed by atoms with E-state index in [4.69, 9.17) is 4.74 Å². The maximum Gasteiger partial charge on any atom is 0.169 e. The van der Waals surface area contributed by atoms with Crippen LogP contribution in [0.2, 0.25) is 0 Å². The Hall–Kier alpha value is -1.29. The molecule has 3 fully saturated rings. The summed E-state index contributed by atoms with van der Waals surface area (Å²) < 4.78 is 5.74. The van der Waals surface area contributed by atoms with Crippen molar-refractivity contribution in [3.8, 4) is 0 Å². The molecule has 4 nitrogen and oxygen atoms in total. The topological polar surface area (TPSA) is 63.7 Å². The lowest BCUT2D eigenvalue weighted by Gasteiger charge is -2.51. The maximum atomic E-state index is 13.0. The van der Waals surface area contributed by atoms with E-state index in [1.807, 2.05) is 13.8 Å². The Balaban J connectivity index is 1.84. The fourth-order valence-electron chi connectivity index (χ4n) is 5.60. The molecule has 130 valence electrons. The summed E-state index contributed by atoms with van der Waals surface area (Å²) in [5.74, 6) is 0.361. The summed E-state index contributed by atoms with van der Waals surface area (Å²) in [5, 5.41) is 0. The monoisotopic (exact) mass is 330 g/mol. The molecule has 0 aromatic carbocycles. The van der Waals surface area contributed by atoms with Crippen LogP contribution in [0.15, 0.2) is 11.6 Å². The first kappa shape index (κ1) is 16.2. The number of epoxide rings is 1. The Morgan fingerprint density at radius 2 is 1.71 bits per heavy atom. The minimum absolute atomic E-state index is 0.0117. The second-order valence-electron chi connectivity index (χ2n) is 9.25. The van der Waals surface area contributed by atoms with Gasteiger partial charge < -0.3 is 4.74 Å². The average Bonchev–Trinajstić information content (AvgIpc) is 3.06. The molecule has 3 aliphatic carbocycles. The molecule has 0 bridgehead atoms. The first-order chi connectivity index (χ1) is 11.0. The van der Waals surface area contributed by atoms with Crippen LogP contribution in [-0.2, 0) is 19.1 Å². The molecule has 0 spiro atoms. The largest absolute Gasteiger partial charge is 0.358 e. The Morgan fingerprint density at radius 1 is 1.08 bits per heavy atom.